The Kier molecular flexibility index (Phi) is 2.97. The van der Waals surface area contributed by atoms with Crippen LogP contribution in [-0.2, 0) is 0 Å². The molecule has 0 radical (unpaired) electrons. The molecule has 0 saturated heterocycles. The molecule has 0 aliphatic heterocycles. The Hall–Kier alpha value is 0.900. The van der Waals surface area contributed by atoms with Crippen LogP contribution in [0.3, 0.4) is 0 Å². The lowest BCUT2D eigenvalue weighted by Gasteiger charge is -1.92. The zero-order chi connectivity index (χ0) is 6.85. The van der Waals surface area contributed by atoms with Crippen molar-refractivity contribution in [1.82, 2.24) is 4.98 Å². The maximum Gasteiger partial charge on any atom is 0.130 e. The maximum atomic E-state index is 5.60. The molecule has 1 rings (SSSR count). The molecule has 0 N–H and O–H groups in total. The maximum absolute atomic E-state index is 5.60. The molecular formula is C5H2ClI2N. The van der Waals surface area contributed by atoms with Crippen LogP contribution in [0.1, 0.15) is 0 Å². The Morgan fingerprint density at radius 1 is 1.33 bits per heavy atom. The number of hydrogen-bond donors (Lipinski definition) is 0. The van der Waals surface area contributed by atoms with E-state index in [-0.39, 0.29) is 0 Å². The molecule has 0 atom stereocenters. The van der Waals surface area contributed by atoms with E-state index in [1.54, 1.807) is 6.07 Å². The molecule has 0 aliphatic carbocycles. The van der Waals surface area contributed by atoms with Crippen molar-refractivity contribution in [3.05, 3.63) is 24.6 Å². The molecule has 48 valence electrons. The molecule has 0 spiro atoms. The van der Waals surface area contributed by atoms with Gasteiger partial charge in [0.25, 0.3) is 0 Å². The minimum absolute atomic E-state index is 0.555. The van der Waals surface area contributed by atoms with Crippen LogP contribution in [0.4, 0.5) is 0 Å². The lowest BCUT2D eigenvalue weighted by atomic mass is 10.5. The highest BCUT2D eigenvalue weighted by Crippen LogP contribution is 2.14. The third kappa shape index (κ3) is 2.19. The predicted molar refractivity (Wildman–Crippen MR) is 54.7 cm³/mol. The second-order valence-electron chi connectivity index (χ2n) is 1.41. The van der Waals surface area contributed by atoms with Crippen LogP contribution in [0.2, 0.25) is 5.15 Å². The first-order valence-corrected chi connectivity index (χ1v) is 4.71. The molecule has 0 bridgehead atoms. The number of nitrogens with zero attached hydrogens (tertiary/aromatic N) is 1. The minimum Gasteiger partial charge on any atom is -0.229 e. The second-order valence-corrected chi connectivity index (χ2v) is 3.98. The van der Waals surface area contributed by atoms with Gasteiger partial charge in [-0.25, -0.2) is 4.98 Å². The summed E-state index contributed by atoms with van der Waals surface area (Å²) in [5.41, 5.74) is 0. The fourth-order valence-corrected chi connectivity index (χ4v) is 1.43. The Labute approximate surface area is 85.5 Å². The van der Waals surface area contributed by atoms with Gasteiger partial charge in [-0.05, 0) is 57.3 Å². The molecule has 0 amide bonds. The van der Waals surface area contributed by atoms with Crippen LogP contribution < -0.4 is 0 Å². The summed E-state index contributed by atoms with van der Waals surface area (Å²) < 4.78 is 2.10. The third-order valence-corrected chi connectivity index (χ3v) is 3.70. The average molecular weight is 365 g/mol. The first kappa shape index (κ1) is 8.00. The Morgan fingerprint density at radius 3 is 2.44 bits per heavy atom. The highest BCUT2D eigenvalue weighted by Gasteiger charge is 1.95. The monoisotopic (exact) mass is 365 g/mol. The highest BCUT2D eigenvalue weighted by atomic mass is 127. The molecule has 0 fully saturated rings. The van der Waals surface area contributed by atoms with E-state index < -0.39 is 0 Å². The van der Waals surface area contributed by atoms with E-state index in [2.05, 4.69) is 50.2 Å². The highest BCUT2D eigenvalue weighted by molar-refractivity contribution is 14.1. The summed E-state index contributed by atoms with van der Waals surface area (Å²) >= 11 is 9.96. The zero-order valence-electron chi connectivity index (χ0n) is 4.24. The van der Waals surface area contributed by atoms with Gasteiger partial charge in [-0.2, -0.15) is 0 Å². The van der Waals surface area contributed by atoms with Crippen molar-refractivity contribution in [2.24, 2.45) is 0 Å². The molecule has 1 aromatic heterocycles. The van der Waals surface area contributed by atoms with E-state index in [4.69, 9.17) is 11.6 Å². The van der Waals surface area contributed by atoms with Crippen molar-refractivity contribution in [2.75, 3.05) is 0 Å². The van der Waals surface area contributed by atoms with Gasteiger partial charge in [0.1, 0.15) is 8.85 Å². The summed E-state index contributed by atoms with van der Waals surface area (Å²) in [4.78, 5) is 4.02. The van der Waals surface area contributed by atoms with Gasteiger partial charge in [-0.3, -0.25) is 0 Å². The number of hydrogen-bond acceptors (Lipinski definition) is 1. The normalized spacial score (nSPS) is 9.67. The third-order valence-electron chi connectivity index (χ3n) is 0.769. The van der Waals surface area contributed by atoms with E-state index in [9.17, 15) is 0 Å². The van der Waals surface area contributed by atoms with Gasteiger partial charge in [-0.15, -0.1) is 0 Å². The summed E-state index contributed by atoms with van der Waals surface area (Å²) in [5, 5.41) is 0.555. The summed E-state index contributed by atoms with van der Waals surface area (Å²) in [5.74, 6) is 0. The topological polar surface area (TPSA) is 12.9 Å². The van der Waals surface area contributed by atoms with Crippen molar-refractivity contribution in [1.29, 1.82) is 0 Å². The molecular weight excluding hydrogens is 363 g/mol. The summed E-state index contributed by atoms with van der Waals surface area (Å²) in [6.07, 6.45) is 0. The molecule has 4 heteroatoms. The first-order valence-electron chi connectivity index (χ1n) is 2.17. The molecule has 0 aliphatic rings. The van der Waals surface area contributed by atoms with Gasteiger partial charge >= 0.3 is 0 Å². The lowest BCUT2D eigenvalue weighted by molar-refractivity contribution is 1.25. The van der Waals surface area contributed by atoms with E-state index >= 15 is 0 Å². The molecule has 0 saturated carbocycles. The summed E-state index contributed by atoms with van der Waals surface area (Å²) in [6, 6.07) is 3.73. The number of pyridine rings is 1. The van der Waals surface area contributed by atoms with E-state index in [0.29, 0.717) is 5.15 Å². The van der Waals surface area contributed by atoms with Crippen LogP contribution in [0.5, 0.6) is 0 Å². The second kappa shape index (κ2) is 3.34. The smallest absolute Gasteiger partial charge is 0.130 e. The minimum atomic E-state index is 0.555. The Balaban J connectivity index is 3.17. The van der Waals surface area contributed by atoms with Gasteiger partial charge in [0.2, 0.25) is 0 Å². The van der Waals surface area contributed by atoms with Crippen molar-refractivity contribution in [3.63, 3.8) is 0 Å². The average Bonchev–Trinajstić information content (AvgIpc) is 1.80. The van der Waals surface area contributed by atoms with Gasteiger partial charge in [-0.1, -0.05) is 11.6 Å². The van der Waals surface area contributed by atoms with Gasteiger partial charge in [0.05, 0.1) is 0 Å². The molecule has 1 nitrogen and oxygen atoms in total. The Morgan fingerprint density at radius 2 is 2.00 bits per heavy atom. The van der Waals surface area contributed by atoms with Crippen molar-refractivity contribution < 1.29 is 0 Å². The zero-order valence-corrected chi connectivity index (χ0v) is 9.31. The number of aromatic nitrogens is 1. The SMILES string of the molecule is Clc1ccc(I)c(I)n1. The molecule has 1 heterocycles. The number of rotatable bonds is 0. The van der Waals surface area contributed by atoms with Gasteiger partial charge in [0.15, 0.2) is 0 Å². The van der Waals surface area contributed by atoms with E-state index in [0.717, 1.165) is 7.27 Å². The van der Waals surface area contributed by atoms with Crippen LogP contribution in [0, 0.1) is 7.27 Å². The molecule has 9 heavy (non-hydrogen) atoms. The van der Waals surface area contributed by atoms with E-state index in [1.807, 2.05) is 6.07 Å². The summed E-state index contributed by atoms with van der Waals surface area (Å²) in [6.45, 7) is 0. The number of halogens is 3. The van der Waals surface area contributed by atoms with Crippen LogP contribution in [0.25, 0.3) is 0 Å². The molecule has 0 aromatic carbocycles. The Bertz CT molecular complexity index is 226. The largest absolute Gasteiger partial charge is 0.229 e. The van der Waals surface area contributed by atoms with Crippen LogP contribution >= 0.6 is 56.8 Å². The van der Waals surface area contributed by atoms with Crippen molar-refractivity contribution in [2.45, 2.75) is 0 Å². The standard InChI is InChI=1S/C5H2ClI2N/c6-4-2-1-3(7)5(8)9-4/h1-2H. The predicted octanol–water partition coefficient (Wildman–Crippen LogP) is 2.94. The molecule has 0 unspecified atom stereocenters. The fourth-order valence-electron chi connectivity index (χ4n) is 0.395. The van der Waals surface area contributed by atoms with Crippen molar-refractivity contribution >= 4 is 56.8 Å². The molecule has 1 aromatic rings. The van der Waals surface area contributed by atoms with E-state index in [1.165, 1.54) is 0 Å². The summed E-state index contributed by atoms with van der Waals surface area (Å²) in [7, 11) is 0. The van der Waals surface area contributed by atoms with Gasteiger partial charge < -0.3 is 0 Å². The quantitative estimate of drug-likeness (QED) is 0.509. The fraction of sp³-hybridized carbons (Fsp3) is 0. The first-order chi connectivity index (χ1) is 4.20. The van der Waals surface area contributed by atoms with Crippen LogP contribution in [-0.4, -0.2) is 4.98 Å². The van der Waals surface area contributed by atoms with Gasteiger partial charge in [0, 0.05) is 3.57 Å². The lowest BCUT2D eigenvalue weighted by Crippen LogP contribution is -1.83. The van der Waals surface area contributed by atoms with Crippen molar-refractivity contribution in [3.8, 4) is 0 Å². The van der Waals surface area contributed by atoms with Crippen LogP contribution in [0.15, 0.2) is 12.1 Å².